The Bertz CT molecular complexity index is 1190. The minimum absolute atomic E-state index is 0.0172. The van der Waals surface area contributed by atoms with E-state index in [-0.39, 0.29) is 24.7 Å². The standard InChI is InChI=1S/C25H30N2O7S/c1-25(2,23(29)30)27(3)22(28)21(13-14-35(4,32)33)26-24(31)34-15-20-18-11-7-5-9-16(18)17-10-6-8-12-19(17)20/h5-12,20-21H,13-15H2,1-4H3,(H,26,31)(H,29,30). The third-order valence-electron chi connectivity index (χ3n) is 6.40. The van der Waals surface area contributed by atoms with Gasteiger partial charge >= 0.3 is 12.1 Å². The van der Waals surface area contributed by atoms with E-state index in [2.05, 4.69) is 5.32 Å². The molecular weight excluding hydrogens is 472 g/mol. The van der Waals surface area contributed by atoms with Gasteiger partial charge in [-0.2, -0.15) is 0 Å². The highest BCUT2D eigenvalue weighted by Crippen LogP contribution is 2.44. The molecule has 1 atom stereocenters. The SMILES string of the molecule is CN(C(=O)C(CCS(C)(=O)=O)NC(=O)OCC1c2ccccc2-c2ccccc21)C(C)(C)C(=O)O. The van der Waals surface area contributed by atoms with Crippen molar-refractivity contribution in [3.05, 3.63) is 59.7 Å². The van der Waals surface area contributed by atoms with Crippen LogP contribution in [-0.4, -0.2) is 73.6 Å². The Morgan fingerprint density at radius 1 is 1.06 bits per heavy atom. The molecule has 9 nitrogen and oxygen atoms in total. The number of carboxylic acid groups (broad SMARTS) is 1. The summed E-state index contributed by atoms with van der Waals surface area (Å²) < 4.78 is 28.9. The van der Waals surface area contributed by atoms with Crippen molar-refractivity contribution in [1.82, 2.24) is 10.2 Å². The molecule has 10 heteroatoms. The van der Waals surface area contributed by atoms with E-state index >= 15 is 0 Å². The number of aliphatic carboxylic acids is 1. The molecule has 0 heterocycles. The lowest BCUT2D eigenvalue weighted by atomic mass is 9.98. The van der Waals surface area contributed by atoms with Crippen molar-refractivity contribution in [3.63, 3.8) is 0 Å². The number of fused-ring (bicyclic) bond motifs is 3. The van der Waals surface area contributed by atoms with Gasteiger partial charge in [0.25, 0.3) is 0 Å². The normalized spacial score (nSPS) is 13.9. The predicted molar refractivity (Wildman–Crippen MR) is 131 cm³/mol. The number of carboxylic acids is 1. The molecule has 2 N–H and O–H groups in total. The molecule has 0 saturated heterocycles. The third kappa shape index (κ3) is 5.82. The number of hydrogen-bond donors (Lipinski definition) is 2. The molecule has 0 spiro atoms. The first-order valence-corrected chi connectivity index (χ1v) is 13.2. The molecule has 188 valence electrons. The molecule has 2 aromatic rings. The van der Waals surface area contributed by atoms with Crippen molar-refractivity contribution in [1.29, 1.82) is 0 Å². The second-order valence-corrected chi connectivity index (χ2v) is 11.5. The van der Waals surface area contributed by atoms with Crippen LogP contribution < -0.4 is 5.32 Å². The molecule has 1 aliphatic carbocycles. The number of ether oxygens (including phenoxy) is 1. The minimum Gasteiger partial charge on any atom is -0.480 e. The fraction of sp³-hybridized carbons (Fsp3) is 0.400. The highest BCUT2D eigenvalue weighted by Gasteiger charge is 2.39. The van der Waals surface area contributed by atoms with E-state index in [0.29, 0.717) is 0 Å². The molecular formula is C25H30N2O7S. The van der Waals surface area contributed by atoms with Crippen LogP contribution in [0.4, 0.5) is 4.79 Å². The molecule has 1 unspecified atom stereocenters. The van der Waals surface area contributed by atoms with E-state index in [1.165, 1.54) is 20.9 Å². The van der Waals surface area contributed by atoms with Crippen LogP contribution in [0.2, 0.25) is 0 Å². The number of benzene rings is 2. The summed E-state index contributed by atoms with van der Waals surface area (Å²) in [6.07, 6.45) is -0.0884. The smallest absolute Gasteiger partial charge is 0.407 e. The summed E-state index contributed by atoms with van der Waals surface area (Å²) >= 11 is 0. The molecule has 0 bridgehead atoms. The molecule has 2 amide bonds. The molecule has 0 aliphatic heterocycles. The number of amides is 2. The molecule has 0 aromatic heterocycles. The summed E-state index contributed by atoms with van der Waals surface area (Å²) in [4.78, 5) is 38.3. The number of sulfone groups is 1. The van der Waals surface area contributed by atoms with Gasteiger partial charge in [-0.15, -0.1) is 0 Å². The zero-order chi connectivity index (χ0) is 26.0. The summed E-state index contributed by atoms with van der Waals surface area (Å²) in [5.74, 6) is -2.52. The number of nitrogens with zero attached hydrogens (tertiary/aromatic N) is 1. The molecule has 0 fully saturated rings. The first-order valence-electron chi connectivity index (χ1n) is 11.1. The van der Waals surface area contributed by atoms with Gasteiger partial charge in [0.05, 0.1) is 5.75 Å². The first kappa shape index (κ1) is 26.2. The monoisotopic (exact) mass is 502 g/mol. The lowest BCUT2D eigenvalue weighted by Crippen LogP contribution is -2.57. The van der Waals surface area contributed by atoms with Crippen molar-refractivity contribution in [3.8, 4) is 11.1 Å². The lowest BCUT2D eigenvalue weighted by Gasteiger charge is -2.34. The Hall–Kier alpha value is -3.40. The summed E-state index contributed by atoms with van der Waals surface area (Å²) in [6.45, 7) is 2.70. The maximum absolute atomic E-state index is 13.0. The van der Waals surface area contributed by atoms with Crippen LogP contribution in [0.25, 0.3) is 11.1 Å². The molecule has 0 radical (unpaired) electrons. The Labute approximate surface area is 205 Å². The first-order chi connectivity index (χ1) is 16.3. The molecule has 1 aliphatic rings. The maximum Gasteiger partial charge on any atom is 0.407 e. The van der Waals surface area contributed by atoms with Crippen molar-refractivity contribution in [2.24, 2.45) is 0 Å². The van der Waals surface area contributed by atoms with Crippen LogP contribution >= 0.6 is 0 Å². The summed E-state index contributed by atoms with van der Waals surface area (Å²) in [6, 6.07) is 14.4. The largest absolute Gasteiger partial charge is 0.480 e. The third-order valence-corrected chi connectivity index (χ3v) is 7.38. The van der Waals surface area contributed by atoms with Crippen LogP contribution in [0.1, 0.15) is 37.3 Å². The topological polar surface area (TPSA) is 130 Å². The van der Waals surface area contributed by atoms with E-state index < -0.39 is 39.4 Å². The van der Waals surface area contributed by atoms with Crippen LogP contribution in [0.15, 0.2) is 48.5 Å². The lowest BCUT2D eigenvalue weighted by molar-refractivity contribution is -0.156. The Balaban J connectivity index is 1.74. The zero-order valence-corrected chi connectivity index (χ0v) is 21.0. The van der Waals surface area contributed by atoms with Gasteiger partial charge in [-0.1, -0.05) is 48.5 Å². The van der Waals surface area contributed by atoms with Crippen LogP contribution in [0, 0.1) is 0 Å². The number of nitrogens with one attached hydrogen (secondary N) is 1. The fourth-order valence-electron chi connectivity index (χ4n) is 4.02. The van der Waals surface area contributed by atoms with E-state index in [4.69, 9.17) is 4.74 Å². The predicted octanol–water partition coefficient (Wildman–Crippen LogP) is 2.65. The van der Waals surface area contributed by atoms with Gasteiger partial charge in [0.15, 0.2) is 0 Å². The Kier molecular flexibility index (Phi) is 7.54. The van der Waals surface area contributed by atoms with Gasteiger partial charge in [-0.05, 0) is 42.5 Å². The molecule has 0 saturated carbocycles. The van der Waals surface area contributed by atoms with Gasteiger partial charge in [-0.3, -0.25) is 4.79 Å². The molecule has 3 rings (SSSR count). The minimum atomic E-state index is -3.44. The van der Waals surface area contributed by atoms with Crippen molar-refractivity contribution < 1.29 is 32.6 Å². The summed E-state index contributed by atoms with van der Waals surface area (Å²) in [7, 11) is -2.14. The number of hydrogen-bond acceptors (Lipinski definition) is 6. The van der Waals surface area contributed by atoms with Crippen molar-refractivity contribution in [2.45, 2.75) is 37.8 Å². The van der Waals surface area contributed by atoms with Gasteiger partial charge < -0.3 is 20.1 Å². The van der Waals surface area contributed by atoms with Crippen molar-refractivity contribution >= 4 is 27.8 Å². The fourth-order valence-corrected chi connectivity index (χ4v) is 4.69. The molecule has 35 heavy (non-hydrogen) atoms. The number of rotatable bonds is 9. The molecule has 2 aromatic carbocycles. The zero-order valence-electron chi connectivity index (χ0n) is 20.1. The maximum atomic E-state index is 13.0. The van der Waals surface area contributed by atoms with E-state index in [0.717, 1.165) is 33.4 Å². The second kappa shape index (κ2) is 10.1. The second-order valence-electron chi connectivity index (χ2n) is 9.20. The summed E-state index contributed by atoms with van der Waals surface area (Å²) in [5, 5.41) is 11.9. The highest BCUT2D eigenvalue weighted by atomic mass is 32.2. The van der Waals surface area contributed by atoms with Gasteiger partial charge in [0.2, 0.25) is 5.91 Å². The van der Waals surface area contributed by atoms with Gasteiger partial charge in [0.1, 0.15) is 28.0 Å². The Morgan fingerprint density at radius 3 is 2.06 bits per heavy atom. The van der Waals surface area contributed by atoms with Crippen molar-refractivity contribution in [2.75, 3.05) is 25.7 Å². The number of alkyl carbamates (subject to hydrolysis) is 1. The van der Waals surface area contributed by atoms with E-state index in [1.807, 2.05) is 48.5 Å². The Morgan fingerprint density at radius 2 is 1.57 bits per heavy atom. The van der Waals surface area contributed by atoms with Gasteiger partial charge in [-0.25, -0.2) is 18.0 Å². The van der Waals surface area contributed by atoms with Crippen LogP contribution in [0.5, 0.6) is 0 Å². The average molecular weight is 503 g/mol. The van der Waals surface area contributed by atoms with Crippen LogP contribution in [-0.2, 0) is 24.2 Å². The number of carbonyl (C=O) groups is 3. The quantitative estimate of drug-likeness (QED) is 0.539. The van der Waals surface area contributed by atoms with E-state index in [9.17, 15) is 27.9 Å². The van der Waals surface area contributed by atoms with Crippen LogP contribution in [0.3, 0.4) is 0 Å². The number of likely N-dealkylation sites (N-methyl/N-ethyl adjacent to an activating group) is 1. The number of carbonyl (C=O) groups excluding carboxylic acids is 2. The van der Waals surface area contributed by atoms with Gasteiger partial charge in [0, 0.05) is 19.2 Å². The van der Waals surface area contributed by atoms with E-state index in [1.54, 1.807) is 0 Å². The average Bonchev–Trinajstić information content (AvgIpc) is 3.12. The summed E-state index contributed by atoms with van der Waals surface area (Å²) in [5.41, 5.74) is 2.61. The highest BCUT2D eigenvalue weighted by molar-refractivity contribution is 7.90.